The fraction of sp³-hybridized carbons (Fsp3) is 1.00. The summed E-state index contributed by atoms with van der Waals surface area (Å²) in [6.07, 6.45) is 1.25. The molecule has 1 heterocycles. The molecule has 0 amide bonds. The fourth-order valence-electron chi connectivity index (χ4n) is 3.14. The van der Waals surface area contributed by atoms with Gasteiger partial charge in [-0.1, -0.05) is 34.6 Å². The standard InChI is InChI=1S/C17H36N2O2/c1-14(2)11-15-13-19(7-8-21-10-9-20-6)16(12-18-15)17(3,4)5/h14-16,18H,7-13H2,1-6H3. The van der Waals surface area contributed by atoms with Gasteiger partial charge in [-0.05, 0) is 17.8 Å². The van der Waals surface area contributed by atoms with Crippen LogP contribution in [-0.4, -0.2) is 63.5 Å². The molecule has 1 aliphatic heterocycles. The zero-order valence-electron chi connectivity index (χ0n) is 14.9. The molecule has 2 atom stereocenters. The lowest BCUT2D eigenvalue weighted by atomic mass is 9.83. The molecule has 126 valence electrons. The van der Waals surface area contributed by atoms with Gasteiger partial charge < -0.3 is 14.8 Å². The number of hydrogen-bond acceptors (Lipinski definition) is 4. The Balaban J connectivity index is 2.49. The molecule has 1 aliphatic rings. The number of hydrogen-bond donors (Lipinski definition) is 1. The van der Waals surface area contributed by atoms with Gasteiger partial charge in [-0.25, -0.2) is 0 Å². The summed E-state index contributed by atoms with van der Waals surface area (Å²) >= 11 is 0. The van der Waals surface area contributed by atoms with Gasteiger partial charge >= 0.3 is 0 Å². The lowest BCUT2D eigenvalue weighted by molar-refractivity contribution is 0.0117. The summed E-state index contributed by atoms with van der Waals surface area (Å²) in [5.74, 6) is 0.744. The molecule has 0 bridgehead atoms. The zero-order chi connectivity index (χ0) is 15.9. The van der Waals surface area contributed by atoms with Gasteiger partial charge in [0, 0.05) is 38.8 Å². The van der Waals surface area contributed by atoms with E-state index in [1.54, 1.807) is 7.11 Å². The first-order chi connectivity index (χ1) is 9.84. The van der Waals surface area contributed by atoms with Gasteiger partial charge in [-0.2, -0.15) is 0 Å². The van der Waals surface area contributed by atoms with Crippen molar-refractivity contribution in [3.63, 3.8) is 0 Å². The molecule has 0 saturated carbocycles. The third kappa shape index (κ3) is 7.09. The normalized spacial score (nSPS) is 24.7. The Hall–Kier alpha value is -0.160. The maximum Gasteiger partial charge on any atom is 0.0700 e. The summed E-state index contributed by atoms with van der Waals surface area (Å²) in [5.41, 5.74) is 0.294. The van der Waals surface area contributed by atoms with Crippen LogP contribution in [0.15, 0.2) is 0 Å². The van der Waals surface area contributed by atoms with Crippen LogP contribution in [-0.2, 0) is 9.47 Å². The summed E-state index contributed by atoms with van der Waals surface area (Å²) < 4.78 is 10.7. The van der Waals surface area contributed by atoms with Crippen LogP contribution >= 0.6 is 0 Å². The Bertz CT molecular complexity index is 276. The van der Waals surface area contributed by atoms with Crippen molar-refractivity contribution in [1.29, 1.82) is 0 Å². The predicted octanol–water partition coefficient (Wildman–Crippen LogP) is 2.38. The zero-order valence-corrected chi connectivity index (χ0v) is 14.9. The van der Waals surface area contributed by atoms with Crippen molar-refractivity contribution in [1.82, 2.24) is 10.2 Å². The second-order valence-corrected chi connectivity index (χ2v) is 7.72. The van der Waals surface area contributed by atoms with Crippen molar-refractivity contribution in [2.75, 3.05) is 46.6 Å². The van der Waals surface area contributed by atoms with Crippen LogP contribution in [0.1, 0.15) is 41.0 Å². The summed E-state index contributed by atoms with van der Waals surface area (Å²) in [5, 5.41) is 3.75. The highest BCUT2D eigenvalue weighted by Gasteiger charge is 2.35. The molecule has 1 N–H and O–H groups in total. The molecular formula is C17H36N2O2. The molecule has 4 nitrogen and oxygen atoms in total. The summed E-state index contributed by atoms with van der Waals surface area (Å²) in [6, 6.07) is 1.19. The fourth-order valence-corrected chi connectivity index (χ4v) is 3.14. The molecule has 0 aromatic carbocycles. The molecule has 21 heavy (non-hydrogen) atoms. The van der Waals surface area contributed by atoms with E-state index in [0.29, 0.717) is 30.7 Å². The van der Waals surface area contributed by atoms with Gasteiger partial charge in [0.2, 0.25) is 0 Å². The van der Waals surface area contributed by atoms with Crippen molar-refractivity contribution < 1.29 is 9.47 Å². The second kappa shape index (κ2) is 9.09. The highest BCUT2D eigenvalue weighted by Crippen LogP contribution is 2.27. The van der Waals surface area contributed by atoms with Gasteiger partial charge in [0.25, 0.3) is 0 Å². The predicted molar refractivity (Wildman–Crippen MR) is 88.8 cm³/mol. The highest BCUT2D eigenvalue weighted by atomic mass is 16.5. The molecule has 2 unspecified atom stereocenters. The molecule has 0 aliphatic carbocycles. The molecule has 1 rings (SSSR count). The number of nitrogens with zero attached hydrogens (tertiary/aromatic N) is 1. The summed E-state index contributed by atoms with van der Waals surface area (Å²) in [4.78, 5) is 2.62. The molecule has 0 radical (unpaired) electrons. The Morgan fingerprint density at radius 3 is 2.48 bits per heavy atom. The monoisotopic (exact) mass is 300 g/mol. The van der Waals surface area contributed by atoms with Crippen LogP contribution < -0.4 is 5.32 Å². The number of piperazine rings is 1. The minimum Gasteiger partial charge on any atom is -0.382 e. The van der Waals surface area contributed by atoms with E-state index in [-0.39, 0.29) is 0 Å². The molecule has 0 aromatic rings. The van der Waals surface area contributed by atoms with E-state index in [9.17, 15) is 0 Å². The van der Waals surface area contributed by atoms with Crippen LogP contribution in [0.2, 0.25) is 0 Å². The van der Waals surface area contributed by atoms with Crippen LogP contribution in [0.5, 0.6) is 0 Å². The van der Waals surface area contributed by atoms with E-state index in [4.69, 9.17) is 9.47 Å². The molecule has 4 heteroatoms. The van der Waals surface area contributed by atoms with Crippen molar-refractivity contribution in [2.45, 2.75) is 53.1 Å². The highest BCUT2D eigenvalue weighted by molar-refractivity contribution is 4.92. The summed E-state index contributed by atoms with van der Waals surface area (Å²) in [7, 11) is 1.71. The van der Waals surface area contributed by atoms with Crippen LogP contribution in [0, 0.1) is 11.3 Å². The Kier molecular flexibility index (Phi) is 8.17. The van der Waals surface area contributed by atoms with E-state index < -0.39 is 0 Å². The van der Waals surface area contributed by atoms with E-state index in [2.05, 4.69) is 44.8 Å². The topological polar surface area (TPSA) is 33.7 Å². The van der Waals surface area contributed by atoms with Gasteiger partial charge in [-0.3, -0.25) is 4.90 Å². The average molecular weight is 300 g/mol. The maximum atomic E-state index is 5.67. The lowest BCUT2D eigenvalue weighted by Crippen LogP contribution is -2.61. The quantitative estimate of drug-likeness (QED) is 0.698. The van der Waals surface area contributed by atoms with Crippen LogP contribution in [0.3, 0.4) is 0 Å². The van der Waals surface area contributed by atoms with E-state index >= 15 is 0 Å². The Morgan fingerprint density at radius 2 is 1.90 bits per heavy atom. The minimum atomic E-state index is 0.294. The number of rotatable bonds is 8. The van der Waals surface area contributed by atoms with Gasteiger partial charge in [-0.15, -0.1) is 0 Å². The maximum absolute atomic E-state index is 5.67. The first kappa shape index (κ1) is 18.9. The van der Waals surface area contributed by atoms with E-state index in [1.807, 2.05) is 0 Å². The van der Waals surface area contributed by atoms with E-state index in [0.717, 1.165) is 32.2 Å². The number of ether oxygens (including phenoxy) is 2. The minimum absolute atomic E-state index is 0.294. The SMILES string of the molecule is COCCOCCN1CC(CC(C)C)NCC1C(C)(C)C. The van der Waals surface area contributed by atoms with Crippen molar-refractivity contribution in [3.8, 4) is 0 Å². The summed E-state index contributed by atoms with van der Waals surface area (Å²) in [6.45, 7) is 17.0. The first-order valence-corrected chi connectivity index (χ1v) is 8.38. The lowest BCUT2D eigenvalue weighted by Gasteiger charge is -2.46. The molecule has 1 fully saturated rings. The largest absolute Gasteiger partial charge is 0.382 e. The average Bonchev–Trinajstić information content (AvgIpc) is 2.36. The second-order valence-electron chi connectivity index (χ2n) is 7.72. The van der Waals surface area contributed by atoms with E-state index in [1.165, 1.54) is 6.42 Å². The smallest absolute Gasteiger partial charge is 0.0700 e. The Labute approximate surface area is 131 Å². The third-order valence-electron chi connectivity index (χ3n) is 4.21. The van der Waals surface area contributed by atoms with Gasteiger partial charge in [0.05, 0.1) is 19.8 Å². The molecule has 0 spiro atoms. The first-order valence-electron chi connectivity index (χ1n) is 8.38. The third-order valence-corrected chi connectivity index (χ3v) is 4.21. The molecule has 1 saturated heterocycles. The van der Waals surface area contributed by atoms with Crippen molar-refractivity contribution in [3.05, 3.63) is 0 Å². The number of methoxy groups -OCH3 is 1. The van der Waals surface area contributed by atoms with Gasteiger partial charge in [0.1, 0.15) is 0 Å². The van der Waals surface area contributed by atoms with Gasteiger partial charge in [0.15, 0.2) is 0 Å². The molecular weight excluding hydrogens is 264 g/mol. The van der Waals surface area contributed by atoms with Crippen molar-refractivity contribution >= 4 is 0 Å². The van der Waals surface area contributed by atoms with Crippen molar-refractivity contribution in [2.24, 2.45) is 11.3 Å². The number of nitrogens with one attached hydrogen (secondary N) is 1. The van der Waals surface area contributed by atoms with Crippen LogP contribution in [0.4, 0.5) is 0 Å². The van der Waals surface area contributed by atoms with Crippen LogP contribution in [0.25, 0.3) is 0 Å². The Morgan fingerprint density at radius 1 is 1.19 bits per heavy atom. The molecule has 0 aromatic heterocycles.